The molecule has 23 heavy (non-hydrogen) atoms. The molecule has 1 aliphatic rings. The van der Waals surface area contributed by atoms with E-state index >= 15 is 0 Å². The SMILES string of the molecule is CCCCCC(=O)Nc1sc2c(c1C(=O)OCC)CCC(C)C2. The number of hydrogen-bond acceptors (Lipinski definition) is 4. The van der Waals surface area contributed by atoms with Crippen LogP contribution in [0.1, 0.15) is 73.7 Å². The molecular weight excluding hydrogens is 310 g/mol. The molecule has 1 atom stereocenters. The summed E-state index contributed by atoms with van der Waals surface area (Å²) in [5, 5.41) is 3.64. The molecule has 0 saturated carbocycles. The lowest BCUT2D eigenvalue weighted by Gasteiger charge is -2.18. The smallest absolute Gasteiger partial charge is 0.341 e. The van der Waals surface area contributed by atoms with Crippen molar-refractivity contribution in [3.8, 4) is 0 Å². The first-order chi connectivity index (χ1) is 11.1. The van der Waals surface area contributed by atoms with E-state index in [0.717, 1.165) is 44.1 Å². The number of fused-ring (bicyclic) bond motifs is 1. The molecule has 1 amide bonds. The topological polar surface area (TPSA) is 55.4 Å². The number of thiophene rings is 1. The zero-order valence-corrected chi connectivity index (χ0v) is 15.2. The van der Waals surface area contributed by atoms with Gasteiger partial charge in [-0.2, -0.15) is 0 Å². The van der Waals surface area contributed by atoms with Gasteiger partial charge in [0.05, 0.1) is 12.2 Å². The Balaban J connectivity index is 2.20. The predicted molar refractivity (Wildman–Crippen MR) is 94.2 cm³/mol. The van der Waals surface area contributed by atoms with Crippen molar-refractivity contribution in [1.82, 2.24) is 0 Å². The molecule has 4 nitrogen and oxygen atoms in total. The van der Waals surface area contributed by atoms with Crippen molar-refractivity contribution >= 4 is 28.2 Å². The van der Waals surface area contributed by atoms with Gasteiger partial charge in [0, 0.05) is 11.3 Å². The molecule has 0 fully saturated rings. The van der Waals surface area contributed by atoms with Gasteiger partial charge in [-0.1, -0.05) is 26.7 Å². The summed E-state index contributed by atoms with van der Waals surface area (Å²) in [6, 6.07) is 0. The molecule has 1 unspecified atom stereocenters. The number of hydrogen-bond donors (Lipinski definition) is 1. The highest BCUT2D eigenvalue weighted by molar-refractivity contribution is 7.17. The fraction of sp³-hybridized carbons (Fsp3) is 0.667. The second kappa shape index (κ2) is 8.48. The second-order valence-electron chi connectivity index (χ2n) is 6.28. The Hall–Kier alpha value is -1.36. The van der Waals surface area contributed by atoms with E-state index in [-0.39, 0.29) is 11.9 Å². The van der Waals surface area contributed by atoms with Crippen LogP contribution in [0.2, 0.25) is 0 Å². The molecule has 1 aliphatic carbocycles. The maximum absolute atomic E-state index is 12.4. The minimum atomic E-state index is -0.302. The lowest BCUT2D eigenvalue weighted by Crippen LogP contribution is -2.16. The van der Waals surface area contributed by atoms with Crippen molar-refractivity contribution in [2.75, 3.05) is 11.9 Å². The van der Waals surface area contributed by atoms with Gasteiger partial charge in [-0.15, -0.1) is 11.3 Å². The van der Waals surface area contributed by atoms with Gasteiger partial charge in [0.1, 0.15) is 5.00 Å². The van der Waals surface area contributed by atoms with Crippen LogP contribution < -0.4 is 5.32 Å². The Labute approximate surface area is 142 Å². The molecular formula is C18H27NO3S. The monoisotopic (exact) mass is 337 g/mol. The van der Waals surface area contributed by atoms with Gasteiger partial charge in [-0.25, -0.2) is 4.79 Å². The normalized spacial score (nSPS) is 16.7. The van der Waals surface area contributed by atoms with Crippen LogP contribution in [0.15, 0.2) is 0 Å². The first-order valence-electron chi connectivity index (χ1n) is 8.68. The first-order valence-corrected chi connectivity index (χ1v) is 9.49. The van der Waals surface area contributed by atoms with Crippen LogP contribution in [-0.4, -0.2) is 18.5 Å². The highest BCUT2D eigenvalue weighted by atomic mass is 32.1. The van der Waals surface area contributed by atoms with Crippen molar-refractivity contribution < 1.29 is 14.3 Å². The number of rotatable bonds is 7. The third-order valence-electron chi connectivity index (χ3n) is 4.25. The molecule has 0 spiro atoms. The molecule has 5 heteroatoms. The van der Waals surface area contributed by atoms with E-state index in [1.165, 1.54) is 4.88 Å². The summed E-state index contributed by atoms with van der Waals surface area (Å²) in [5.41, 5.74) is 1.69. The van der Waals surface area contributed by atoms with Crippen LogP contribution in [0.5, 0.6) is 0 Å². The van der Waals surface area contributed by atoms with E-state index in [4.69, 9.17) is 4.74 Å². The second-order valence-corrected chi connectivity index (χ2v) is 7.39. The van der Waals surface area contributed by atoms with Crippen LogP contribution in [0.4, 0.5) is 5.00 Å². The fourth-order valence-corrected chi connectivity index (χ4v) is 4.40. The minimum Gasteiger partial charge on any atom is -0.462 e. The number of ether oxygens (including phenoxy) is 1. The van der Waals surface area contributed by atoms with E-state index in [2.05, 4.69) is 19.2 Å². The third-order valence-corrected chi connectivity index (χ3v) is 5.42. The molecule has 0 bridgehead atoms. The van der Waals surface area contributed by atoms with Crippen molar-refractivity contribution in [2.45, 2.75) is 65.7 Å². The summed E-state index contributed by atoms with van der Waals surface area (Å²) in [5.74, 6) is 0.323. The number of carbonyl (C=O) groups excluding carboxylic acids is 2. The van der Waals surface area contributed by atoms with E-state index < -0.39 is 0 Å². The highest BCUT2D eigenvalue weighted by Crippen LogP contribution is 2.40. The van der Waals surface area contributed by atoms with E-state index in [9.17, 15) is 9.59 Å². The van der Waals surface area contributed by atoms with Crippen LogP contribution in [0.25, 0.3) is 0 Å². The average molecular weight is 337 g/mol. The molecule has 0 radical (unpaired) electrons. The average Bonchev–Trinajstić information content (AvgIpc) is 2.84. The Morgan fingerprint density at radius 3 is 2.78 bits per heavy atom. The third kappa shape index (κ3) is 4.56. The largest absolute Gasteiger partial charge is 0.462 e. The van der Waals surface area contributed by atoms with Crippen molar-refractivity contribution in [3.63, 3.8) is 0 Å². The number of amides is 1. The Kier molecular flexibility index (Phi) is 6.63. The Bertz CT molecular complexity index is 565. The van der Waals surface area contributed by atoms with E-state index in [1.54, 1.807) is 11.3 Å². The number of carbonyl (C=O) groups is 2. The summed E-state index contributed by atoms with van der Waals surface area (Å²) < 4.78 is 5.22. The van der Waals surface area contributed by atoms with Crippen LogP contribution in [0.3, 0.4) is 0 Å². The molecule has 2 rings (SSSR count). The number of nitrogens with one attached hydrogen (secondary N) is 1. The summed E-state index contributed by atoms with van der Waals surface area (Å²) >= 11 is 1.55. The summed E-state index contributed by atoms with van der Waals surface area (Å²) in [6.45, 7) is 6.51. The quantitative estimate of drug-likeness (QED) is 0.586. The van der Waals surface area contributed by atoms with Crippen molar-refractivity contribution in [3.05, 3.63) is 16.0 Å². The summed E-state index contributed by atoms with van der Waals surface area (Å²) in [7, 11) is 0. The van der Waals surface area contributed by atoms with Crippen molar-refractivity contribution in [2.24, 2.45) is 5.92 Å². The summed E-state index contributed by atoms with van der Waals surface area (Å²) in [4.78, 5) is 25.7. The Morgan fingerprint density at radius 2 is 2.09 bits per heavy atom. The molecule has 0 saturated heterocycles. The van der Waals surface area contributed by atoms with Gasteiger partial charge < -0.3 is 10.1 Å². The Morgan fingerprint density at radius 1 is 1.30 bits per heavy atom. The molecule has 0 aliphatic heterocycles. The van der Waals surface area contributed by atoms with E-state index in [1.807, 2.05) is 6.92 Å². The van der Waals surface area contributed by atoms with Gasteiger partial charge in [-0.3, -0.25) is 4.79 Å². The minimum absolute atomic E-state index is 0.00403. The molecule has 0 aromatic carbocycles. The molecule has 1 aromatic rings. The molecule has 1 aromatic heterocycles. The zero-order chi connectivity index (χ0) is 16.8. The lowest BCUT2D eigenvalue weighted by atomic mass is 9.88. The van der Waals surface area contributed by atoms with E-state index in [0.29, 0.717) is 29.5 Å². The maximum Gasteiger partial charge on any atom is 0.341 e. The first kappa shape index (κ1) is 18.0. The van der Waals surface area contributed by atoms with Crippen LogP contribution >= 0.6 is 11.3 Å². The zero-order valence-electron chi connectivity index (χ0n) is 14.4. The van der Waals surface area contributed by atoms with Gasteiger partial charge >= 0.3 is 5.97 Å². The highest BCUT2D eigenvalue weighted by Gasteiger charge is 2.28. The molecule has 128 valence electrons. The van der Waals surface area contributed by atoms with Crippen LogP contribution in [0, 0.1) is 5.92 Å². The number of unbranched alkanes of at least 4 members (excludes halogenated alkanes) is 2. The number of anilines is 1. The summed E-state index contributed by atoms with van der Waals surface area (Å²) in [6.07, 6.45) is 6.50. The van der Waals surface area contributed by atoms with Gasteiger partial charge in [0.15, 0.2) is 0 Å². The number of esters is 1. The van der Waals surface area contributed by atoms with Crippen molar-refractivity contribution in [1.29, 1.82) is 0 Å². The predicted octanol–water partition coefficient (Wildman–Crippen LogP) is 4.57. The maximum atomic E-state index is 12.4. The van der Waals surface area contributed by atoms with Gasteiger partial charge in [0.2, 0.25) is 5.91 Å². The van der Waals surface area contributed by atoms with Gasteiger partial charge in [-0.05, 0) is 44.1 Å². The van der Waals surface area contributed by atoms with Gasteiger partial charge in [0.25, 0.3) is 0 Å². The molecule has 1 N–H and O–H groups in total. The fourth-order valence-electron chi connectivity index (χ4n) is 2.98. The standard InChI is InChI=1S/C18H27NO3S/c1-4-6-7-8-15(20)19-17-16(18(21)22-5-2)13-10-9-12(3)11-14(13)23-17/h12H,4-11H2,1-3H3,(H,19,20). The lowest BCUT2D eigenvalue weighted by molar-refractivity contribution is -0.116. The van der Waals surface area contributed by atoms with Crippen LogP contribution in [-0.2, 0) is 22.4 Å². The molecule has 1 heterocycles.